The van der Waals surface area contributed by atoms with E-state index in [4.69, 9.17) is 9.73 Å². The molecule has 12 heteroatoms. The van der Waals surface area contributed by atoms with E-state index in [-0.39, 0.29) is 30.2 Å². The highest BCUT2D eigenvalue weighted by Gasteiger charge is 2.45. The Balaban J connectivity index is 1.27. The minimum Gasteiger partial charge on any atom is -0.481 e. The van der Waals surface area contributed by atoms with Crippen molar-refractivity contribution in [2.24, 2.45) is 16.8 Å². The summed E-state index contributed by atoms with van der Waals surface area (Å²) in [6.45, 7) is 9.10. The highest BCUT2D eigenvalue weighted by Crippen LogP contribution is 2.38. The predicted octanol–water partition coefficient (Wildman–Crippen LogP) is 4.85. The molecular formula is C35H38FN5O5S. The number of piperidine rings is 1. The van der Waals surface area contributed by atoms with Gasteiger partial charge in [-0.3, -0.25) is 19.5 Å². The molecule has 4 heterocycles. The van der Waals surface area contributed by atoms with Crippen LogP contribution in [0.25, 0.3) is 0 Å². The Bertz CT molecular complexity index is 1750. The van der Waals surface area contributed by atoms with Gasteiger partial charge in [0.15, 0.2) is 10.8 Å². The number of carbonyl (C=O) groups excluding carboxylic acids is 2. The number of nitrogens with one attached hydrogen (secondary N) is 1. The molecule has 0 unspecified atom stereocenters. The second kappa shape index (κ2) is 13.0. The van der Waals surface area contributed by atoms with Gasteiger partial charge in [-0.15, -0.1) is 11.3 Å². The largest absolute Gasteiger partial charge is 0.481 e. The van der Waals surface area contributed by atoms with E-state index >= 15 is 0 Å². The fraction of sp³-hybridized carbons (Fsp3) is 0.400. The first kappa shape index (κ1) is 32.5. The molecule has 2 aromatic carbocycles. The Morgan fingerprint density at radius 1 is 1.17 bits per heavy atom. The van der Waals surface area contributed by atoms with Crippen molar-refractivity contribution in [1.29, 1.82) is 0 Å². The number of carboxylic acids is 1. The zero-order valence-corrected chi connectivity index (χ0v) is 27.6. The highest BCUT2D eigenvalue weighted by atomic mass is 32.1. The summed E-state index contributed by atoms with van der Waals surface area (Å²) in [5, 5.41) is 15.5. The number of nitrogens with zero attached hydrogens (tertiary/aromatic N) is 4. The molecule has 10 nitrogen and oxygen atoms in total. The summed E-state index contributed by atoms with van der Waals surface area (Å²) in [4.78, 5) is 52.2. The molecule has 0 aliphatic carbocycles. The van der Waals surface area contributed by atoms with Crippen LogP contribution in [0.3, 0.4) is 0 Å². The maximum Gasteiger partial charge on any atom is 0.338 e. The fourth-order valence-corrected chi connectivity index (χ4v) is 7.28. The highest BCUT2D eigenvalue weighted by molar-refractivity contribution is 7.11. The third kappa shape index (κ3) is 6.19. The smallest absolute Gasteiger partial charge is 0.338 e. The van der Waals surface area contributed by atoms with Gasteiger partial charge in [0.05, 0.1) is 17.6 Å². The Labute approximate surface area is 277 Å². The van der Waals surface area contributed by atoms with E-state index in [1.807, 2.05) is 17.5 Å². The number of amidine groups is 1. The van der Waals surface area contributed by atoms with Gasteiger partial charge >= 0.3 is 11.9 Å². The second-order valence-electron chi connectivity index (χ2n) is 12.7. The topological polar surface area (TPSA) is 124 Å². The molecule has 6 rings (SSSR count). The molecule has 3 aliphatic heterocycles. The molecule has 246 valence electrons. The molecule has 47 heavy (non-hydrogen) atoms. The monoisotopic (exact) mass is 659 g/mol. The van der Waals surface area contributed by atoms with E-state index in [1.54, 1.807) is 63.1 Å². The van der Waals surface area contributed by atoms with E-state index in [0.29, 0.717) is 71.4 Å². The summed E-state index contributed by atoms with van der Waals surface area (Å²) in [6.07, 6.45) is 2.34. The number of carbonyl (C=O) groups is 3. The number of aliphatic carboxylic acids is 1. The zero-order chi connectivity index (χ0) is 33.5. The predicted molar refractivity (Wildman–Crippen MR) is 177 cm³/mol. The van der Waals surface area contributed by atoms with E-state index in [0.717, 1.165) is 5.69 Å². The molecule has 0 spiro atoms. The molecule has 2 N–H and O–H groups in total. The number of ether oxygens (including phenoxy) is 1. The number of esters is 1. The van der Waals surface area contributed by atoms with Crippen LogP contribution in [0.4, 0.5) is 10.1 Å². The first-order chi connectivity index (χ1) is 22.5. The number of rotatable bonds is 9. The lowest BCUT2D eigenvalue weighted by Crippen LogP contribution is -2.45. The number of hydrogen-bond donors (Lipinski definition) is 2. The molecular weight excluding hydrogens is 621 g/mol. The number of likely N-dealkylation sites (tertiary alicyclic amines) is 1. The van der Waals surface area contributed by atoms with Crippen molar-refractivity contribution in [3.63, 3.8) is 0 Å². The van der Waals surface area contributed by atoms with Crippen molar-refractivity contribution in [1.82, 2.24) is 15.2 Å². The van der Waals surface area contributed by atoms with Crippen LogP contribution in [0.5, 0.6) is 0 Å². The molecule has 0 bridgehead atoms. The number of anilines is 1. The standard InChI is InChI=1S/C35H38FN5O5S/c1-5-46-33(43)28-27(38-30(31-37-14-16-47-31)39-29(28)24-7-6-8-26(36)20(24)2)19-40-15-13-25-21(17-40)18-41(32(25)42)23-11-9-22(10-12-23)35(3,4)34(44)45/h6-12,14,16,21,25,29H,5,13,15,17-19H2,1-4H3,(H,38,39)(H,44,45)/t21-,25-,29-/m0/s1. The number of aliphatic imine (C=N–C) groups is 1. The molecule has 3 aliphatic rings. The zero-order valence-electron chi connectivity index (χ0n) is 26.8. The quantitative estimate of drug-likeness (QED) is 0.313. The van der Waals surface area contributed by atoms with Gasteiger partial charge in [-0.1, -0.05) is 24.3 Å². The number of carboxylic acid groups (broad SMARTS) is 1. The summed E-state index contributed by atoms with van der Waals surface area (Å²) < 4.78 is 20.3. The van der Waals surface area contributed by atoms with E-state index < -0.39 is 23.4 Å². The Morgan fingerprint density at radius 3 is 2.62 bits per heavy atom. The first-order valence-electron chi connectivity index (χ1n) is 15.8. The van der Waals surface area contributed by atoms with E-state index in [2.05, 4.69) is 15.2 Å². The van der Waals surface area contributed by atoms with Crippen molar-refractivity contribution in [3.05, 3.63) is 92.8 Å². The number of fused-ring (bicyclic) bond motifs is 1. The van der Waals surface area contributed by atoms with Gasteiger partial charge in [0.1, 0.15) is 11.9 Å². The molecule has 0 saturated carbocycles. The maximum absolute atomic E-state index is 14.8. The van der Waals surface area contributed by atoms with Crippen LogP contribution in [-0.4, -0.2) is 71.5 Å². The third-order valence-electron chi connectivity index (χ3n) is 9.50. The SMILES string of the molecule is CCOC(=O)C1=C(CN2CC[C@@H]3C(=O)N(c4ccc(C(C)(C)C(=O)O)cc4)C[C@@H]3C2)NC(c2nccs2)=N[C@H]1c1cccc(F)c1C. The van der Waals surface area contributed by atoms with Crippen molar-refractivity contribution in [3.8, 4) is 0 Å². The molecule has 3 atom stereocenters. The first-order valence-corrected chi connectivity index (χ1v) is 16.6. The van der Waals surface area contributed by atoms with Crippen molar-refractivity contribution in [2.45, 2.75) is 45.6 Å². The number of benzene rings is 2. The van der Waals surface area contributed by atoms with Gasteiger partial charge in [0, 0.05) is 54.4 Å². The molecule has 2 fully saturated rings. The number of thiazole rings is 1. The average molecular weight is 660 g/mol. The second-order valence-corrected chi connectivity index (χ2v) is 13.6. The number of hydrogen-bond acceptors (Lipinski definition) is 9. The fourth-order valence-electron chi connectivity index (χ4n) is 6.69. The minimum atomic E-state index is -1.04. The van der Waals surface area contributed by atoms with E-state index in [1.165, 1.54) is 17.4 Å². The van der Waals surface area contributed by atoms with Crippen molar-refractivity contribution in [2.75, 3.05) is 37.7 Å². The van der Waals surface area contributed by atoms with Gasteiger partial charge < -0.3 is 20.1 Å². The lowest BCUT2D eigenvalue weighted by Gasteiger charge is -2.36. The minimum absolute atomic E-state index is 0.0648. The lowest BCUT2D eigenvalue weighted by molar-refractivity contribution is -0.142. The van der Waals surface area contributed by atoms with E-state index in [9.17, 15) is 23.9 Å². The lowest BCUT2D eigenvalue weighted by atomic mass is 9.85. The number of halogens is 1. The van der Waals surface area contributed by atoms with Crippen LogP contribution in [0.15, 0.2) is 70.3 Å². The van der Waals surface area contributed by atoms with Crippen LogP contribution in [-0.2, 0) is 24.5 Å². The summed E-state index contributed by atoms with van der Waals surface area (Å²) >= 11 is 1.41. The van der Waals surface area contributed by atoms with Crippen molar-refractivity contribution >= 4 is 40.7 Å². The van der Waals surface area contributed by atoms with Crippen molar-refractivity contribution < 1.29 is 28.6 Å². The average Bonchev–Trinajstić information content (AvgIpc) is 3.70. The van der Waals surface area contributed by atoms with Crippen LogP contribution in [0.2, 0.25) is 0 Å². The Kier molecular flexibility index (Phi) is 8.99. The van der Waals surface area contributed by atoms with Crippen LogP contribution in [0.1, 0.15) is 54.9 Å². The Morgan fingerprint density at radius 2 is 1.94 bits per heavy atom. The molecule has 0 radical (unpaired) electrons. The number of amides is 1. The summed E-state index contributed by atoms with van der Waals surface area (Å²) in [5.41, 5.74) is 2.32. The summed E-state index contributed by atoms with van der Waals surface area (Å²) in [6, 6.07) is 11.2. The van der Waals surface area contributed by atoms with Crippen LogP contribution >= 0.6 is 11.3 Å². The third-order valence-corrected chi connectivity index (χ3v) is 10.3. The van der Waals surface area contributed by atoms with Gasteiger partial charge in [0.25, 0.3) is 0 Å². The molecule has 1 aromatic heterocycles. The summed E-state index contributed by atoms with van der Waals surface area (Å²) in [7, 11) is 0. The maximum atomic E-state index is 14.8. The number of aromatic nitrogens is 1. The normalized spacial score (nSPS) is 21.7. The van der Waals surface area contributed by atoms with Gasteiger partial charge in [-0.05, 0) is 75.5 Å². The molecule has 1 amide bonds. The molecule has 3 aromatic rings. The van der Waals surface area contributed by atoms with Crippen LogP contribution < -0.4 is 10.2 Å². The summed E-state index contributed by atoms with van der Waals surface area (Å²) in [5.74, 6) is -1.30. The van der Waals surface area contributed by atoms with Crippen LogP contribution in [0, 0.1) is 24.6 Å². The molecule has 2 saturated heterocycles. The van der Waals surface area contributed by atoms with Gasteiger partial charge in [0.2, 0.25) is 5.91 Å². The Hall–Kier alpha value is -4.42. The van der Waals surface area contributed by atoms with Gasteiger partial charge in [-0.2, -0.15) is 0 Å². The van der Waals surface area contributed by atoms with Gasteiger partial charge in [-0.25, -0.2) is 14.2 Å².